The monoisotopic (exact) mass is 280 g/mol. The average Bonchev–Trinajstić information content (AvgIpc) is 3.08. The third kappa shape index (κ3) is 2.73. The molecule has 2 atom stereocenters. The topological polar surface area (TPSA) is 34.1 Å². The molecule has 3 aliphatic rings. The highest BCUT2D eigenvalue weighted by atomic mass is 16.7. The van der Waals surface area contributed by atoms with Gasteiger partial charge in [0.1, 0.15) is 0 Å². The third-order valence-corrected chi connectivity index (χ3v) is 4.76. The van der Waals surface area contributed by atoms with Crippen LogP contribution in [-0.4, -0.2) is 43.8 Å². The van der Waals surface area contributed by atoms with Gasteiger partial charge in [-0.05, 0) is 19.3 Å². The van der Waals surface area contributed by atoms with Gasteiger partial charge in [-0.2, -0.15) is 5.10 Å². The maximum absolute atomic E-state index is 6.12. The van der Waals surface area contributed by atoms with Crippen molar-refractivity contribution in [3.05, 3.63) is 0 Å². The standard InChI is InChI=1S/C16H28N2O2/c1-15(2)10-19-16(20-11-15)9-13(16)12-7-5-6-8-14(12)17-18(3)4/h12-13H,5-11H2,1-4H3/b17-14+/t12-,13+/m0/s1. The van der Waals surface area contributed by atoms with Gasteiger partial charge >= 0.3 is 0 Å². The summed E-state index contributed by atoms with van der Waals surface area (Å²) in [5.41, 5.74) is 1.52. The van der Waals surface area contributed by atoms with Crippen molar-refractivity contribution in [3.63, 3.8) is 0 Å². The van der Waals surface area contributed by atoms with Crippen molar-refractivity contribution < 1.29 is 9.47 Å². The van der Waals surface area contributed by atoms with Crippen LogP contribution in [0.15, 0.2) is 5.10 Å². The summed E-state index contributed by atoms with van der Waals surface area (Å²) in [5.74, 6) is 0.815. The zero-order chi connectivity index (χ0) is 14.4. The Hall–Kier alpha value is -0.610. The molecule has 4 heteroatoms. The predicted octanol–water partition coefficient (Wildman–Crippen LogP) is 2.88. The highest BCUT2D eigenvalue weighted by molar-refractivity contribution is 5.88. The number of hydrogen-bond acceptors (Lipinski definition) is 4. The van der Waals surface area contributed by atoms with Crippen LogP contribution in [-0.2, 0) is 9.47 Å². The first-order valence-electron chi connectivity index (χ1n) is 7.95. The van der Waals surface area contributed by atoms with Crippen LogP contribution in [0.2, 0.25) is 0 Å². The van der Waals surface area contributed by atoms with E-state index in [0.717, 1.165) is 26.1 Å². The van der Waals surface area contributed by atoms with Crippen LogP contribution < -0.4 is 0 Å². The molecule has 0 unspecified atom stereocenters. The molecule has 20 heavy (non-hydrogen) atoms. The molecular weight excluding hydrogens is 252 g/mol. The second-order valence-corrected chi connectivity index (χ2v) is 7.65. The molecule has 4 nitrogen and oxygen atoms in total. The van der Waals surface area contributed by atoms with Gasteiger partial charge in [0.2, 0.25) is 0 Å². The van der Waals surface area contributed by atoms with Crippen molar-refractivity contribution in [1.29, 1.82) is 0 Å². The highest BCUT2D eigenvalue weighted by Crippen LogP contribution is 2.57. The van der Waals surface area contributed by atoms with Gasteiger partial charge in [-0.15, -0.1) is 0 Å². The minimum absolute atomic E-state index is 0.158. The zero-order valence-corrected chi connectivity index (χ0v) is 13.3. The fourth-order valence-corrected chi connectivity index (χ4v) is 3.58. The van der Waals surface area contributed by atoms with Gasteiger partial charge in [-0.1, -0.05) is 20.3 Å². The molecule has 2 saturated carbocycles. The van der Waals surface area contributed by atoms with E-state index in [0.29, 0.717) is 11.8 Å². The largest absolute Gasteiger partial charge is 0.349 e. The van der Waals surface area contributed by atoms with Gasteiger partial charge in [0, 0.05) is 43.5 Å². The molecule has 1 heterocycles. The smallest absolute Gasteiger partial charge is 0.172 e. The van der Waals surface area contributed by atoms with E-state index in [1.165, 1.54) is 25.0 Å². The Morgan fingerprint density at radius 1 is 1.15 bits per heavy atom. The lowest BCUT2D eigenvalue weighted by Gasteiger charge is -2.37. The third-order valence-electron chi connectivity index (χ3n) is 4.76. The van der Waals surface area contributed by atoms with Gasteiger partial charge in [-0.25, -0.2) is 0 Å². The lowest BCUT2D eigenvalue weighted by atomic mass is 9.83. The molecule has 0 N–H and O–H groups in total. The number of nitrogens with zero attached hydrogens (tertiary/aromatic N) is 2. The van der Waals surface area contributed by atoms with Crippen LogP contribution in [0.3, 0.4) is 0 Å². The number of ether oxygens (including phenoxy) is 2. The normalized spacial score (nSPS) is 37.1. The Labute approximate surface area is 122 Å². The van der Waals surface area contributed by atoms with Crippen LogP contribution in [0, 0.1) is 17.3 Å². The van der Waals surface area contributed by atoms with Crippen LogP contribution in [0.4, 0.5) is 0 Å². The first-order chi connectivity index (χ1) is 9.42. The maximum Gasteiger partial charge on any atom is 0.172 e. The number of rotatable bonds is 2. The summed E-state index contributed by atoms with van der Waals surface area (Å²) in [6.07, 6.45) is 6.03. The van der Waals surface area contributed by atoms with Crippen LogP contribution in [0.5, 0.6) is 0 Å². The molecule has 2 aliphatic carbocycles. The first kappa shape index (κ1) is 14.3. The average molecular weight is 280 g/mol. The van der Waals surface area contributed by atoms with Gasteiger partial charge < -0.3 is 14.5 Å². The quantitative estimate of drug-likeness (QED) is 0.729. The van der Waals surface area contributed by atoms with E-state index in [4.69, 9.17) is 14.6 Å². The predicted molar refractivity (Wildman–Crippen MR) is 79.6 cm³/mol. The second-order valence-electron chi connectivity index (χ2n) is 7.65. The van der Waals surface area contributed by atoms with Crippen molar-refractivity contribution in [2.75, 3.05) is 27.3 Å². The van der Waals surface area contributed by atoms with Gasteiger partial charge in [0.15, 0.2) is 5.79 Å². The summed E-state index contributed by atoms with van der Waals surface area (Å²) in [7, 11) is 4.02. The molecule has 114 valence electrons. The fraction of sp³-hybridized carbons (Fsp3) is 0.938. The fourth-order valence-electron chi connectivity index (χ4n) is 3.58. The first-order valence-corrected chi connectivity index (χ1v) is 7.95. The molecule has 3 fully saturated rings. The van der Waals surface area contributed by atoms with E-state index in [-0.39, 0.29) is 11.2 Å². The summed E-state index contributed by atoms with van der Waals surface area (Å²) >= 11 is 0. The zero-order valence-electron chi connectivity index (χ0n) is 13.3. The lowest BCUT2D eigenvalue weighted by molar-refractivity contribution is -0.251. The van der Waals surface area contributed by atoms with Crippen molar-refractivity contribution in [2.24, 2.45) is 22.4 Å². The molecule has 0 aromatic rings. The van der Waals surface area contributed by atoms with E-state index in [1.807, 2.05) is 19.1 Å². The summed E-state index contributed by atoms with van der Waals surface area (Å²) in [6, 6.07) is 0. The Bertz CT molecular complexity index is 393. The summed E-state index contributed by atoms with van der Waals surface area (Å²) in [6.45, 7) is 6.04. The SMILES string of the molecule is CN(C)/N=C1\CCCC[C@H]1[C@H]1CC12OCC(C)(C)CO2. The summed E-state index contributed by atoms with van der Waals surface area (Å²) in [4.78, 5) is 0. The van der Waals surface area contributed by atoms with Crippen molar-refractivity contribution in [3.8, 4) is 0 Å². The van der Waals surface area contributed by atoms with Crippen molar-refractivity contribution >= 4 is 5.71 Å². The molecule has 0 aromatic heterocycles. The van der Waals surface area contributed by atoms with Gasteiger partial charge in [-0.3, -0.25) is 0 Å². The molecule has 0 amide bonds. The molecule has 0 aromatic carbocycles. The molecular formula is C16H28N2O2. The molecule has 0 radical (unpaired) electrons. The lowest BCUT2D eigenvalue weighted by Crippen LogP contribution is -2.41. The molecule has 1 saturated heterocycles. The van der Waals surface area contributed by atoms with E-state index in [9.17, 15) is 0 Å². The second kappa shape index (κ2) is 4.99. The summed E-state index contributed by atoms with van der Waals surface area (Å²) < 4.78 is 12.2. The van der Waals surface area contributed by atoms with Crippen molar-refractivity contribution in [2.45, 2.75) is 51.7 Å². The van der Waals surface area contributed by atoms with E-state index in [2.05, 4.69) is 13.8 Å². The Kier molecular flexibility index (Phi) is 3.57. The number of hydrazone groups is 1. The van der Waals surface area contributed by atoms with Crippen LogP contribution in [0.1, 0.15) is 46.0 Å². The molecule has 0 bridgehead atoms. The van der Waals surface area contributed by atoms with Gasteiger partial charge in [0.25, 0.3) is 0 Å². The Balaban J connectivity index is 1.68. The minimum atomic E-state index is -0.273. The highest BCUT2D eigenvalue weighted by Gasteiger charge is 2.63. The maximum atomic E-state index is 6.12. The molecule has 1 aliphatic heterocycles. The molecule has 1 spiro atoms. The Morgan fingerprint density at radius 3 is 2.50 bits per heavy atom. The minimum Gasteiger partial charge on any atom is -0.349 e. The van der Waals surface area contributed by atoms with Crippen molar-refractivity contribution in [1.82, 2.24) is 5.01 Å². The van der Waals surface area contributed by atoms with E-state index in [1.54, 1.807) is 0 Å². The van der Waals surface area contributed by atoms with Crippen LogP contribution >= 0.6 is 0 Å². The van der Waals surface area contributed by atoms with E-state index >= 15 is 0 Å². The van der Waals surface area contributed by atoms with Crippen LogP contribution in [0.25, 0.3) is 0 Å². The molecule has 3 rings (SSSR count). The Morgan fingerprint density at radius 2 is 1.85 bits per heavy atom. The van der Waals surface area contributed by atoms with Gasteiger partial charge in [0.05, 0.1) is 13.2 Å². The number of hydrogen-bond donors (Lipinski definition) is 0. The summed E-state index contributed by atoms with van der Waals surface area (Å²) in [5, 5.41) is 6.66. The van der Waals surface area contributed by atoms with E-state index < -0.39 is 0 Å².